The third-order valence-electron chi connectivity index (χ3n) is 4.39. The van der Waals surface area contributed by atoms with Crippen LogP contribution in [-0.4, -0.2) is 41.0 Å². The minimum Gasteiger partial charge on any atom is -0.478 e. The van der Waals surface area contributed by atoms with Crippen molar-refractivity contribution in [3.63, 3.8) is 0 Å². The molecular formula is C16H20N2O3. The van der Waals surface area contributed by atoms with E-state index in [1.54, 1.807) is 12.1 Å². The molecule has 2 heterocycles. The molecule has 1 aromatic carbocycles. The number of amides is 1. The first kappa shape index (κ1) is 14.1. The summed E-state index contributed by atoms with van der Waals surface area (Å²) in [6.07, 6.45) is 3.93. The van der Waals surface area contributed by atoms with Crippen molar-refractivity contribution in [1.29, 1.82) is 0 Å². The number of nitrogens with one attached hydrogen (secondary N) is 1. The largest absolute Gasteiger partial charge is 0.478 e. The van der Waals surface area contributed by atoms with Gasteiger partial charge < -0.3 is 15.3 Å². The summed E-state index contributed by atoms with van der Waals surface area (Å²) < 4.78 is 0. The minimum atomic E-state index is -0.921. The number of benzene rings is 1. The molecule has 21 heavy (non-hydrogen) atoms. The quantitative estimate of drug-likeness (QED) is 0.863. The van der Waals surface area contributed by atoms with Crippen LogP contribution in [0.25, 0.3) is 0 Å². The van der Waals surface area contributed by atoms with Crippen LogP contribution in [-0.2, 0) is 17.8 Å². The third kappa shape index (κ3) is 2.93. The summed E-state index contributed by atoms with van der Waals surface area (Å²) in [6, 6.07) is 5.15. The van der Waals surface area contributed by atoms with E-state index >= 15 is 0 Å². The van der Waals surface area contributed by atoms with Crippen LogP contribution >= 0.6 is 0 Å². The Labute approximate surface area is 123 Å². The van der Waals surface area contributed by atoms with Gasteiger partial charge in [-0.3, -0.25) is 4.79 Å². The van der Waals surface area contributed by atoms with Gasteiger partial charge in [0.05, 0.1) is 11.6 Å². The van der Waals surface area contributed by atoms with Gasteiger partial charge in [0.25, 0.3) is 0 Å². The van der Waals surface area contributed by atoms with Gasteiger partial charge in [-0.25, -0.2) is 4.79 Å². The van der Waals surface area contributed by atoms with Crippen LogP contribution in [0.4, 0.5) is 0 Å². The summed E-state index contributed by atoms with van der Waals surface area (Å²) >= 11 is 0. The van der Waals surface area contributed by atoms with Crippen LogP contribution in [0.1, 0.15) is 40.7 Å². The molecule has 0 radical (unpaired) electrons. The maximum Gasteiger partial charge on any atom is 0.335 e. The summed E-state index contributed by atoms with van der Waals surface area (Å²) in [5.41, 5.74) is 2.41. The summed E-state index contributed by atoms with van der Waals surface area (Å²) in [7, 11) is 0. The highest BCUT2D eigenvalue weighted by Crippen LogP contribution is 2.22. The number of carboxylic acids is 1. The van der Waals surface area contributed by atoms with Crippen molar-refractivity contribution in [1.82, 2.24) is 10.2 Å². The number of rotatable bonds is 2. The van der Waals surface area contributed by atoms with E-state index in [0.29, 0.717) is 12.1 Å². The number of carbonyl (C=O) groups is 2. The molecule has 0 saturated carbocycles. The van der Waals surface area contributed by atoms with Crippen LogP contribution in [0.3, 0.4) is 0 Å². The average Bonchev–Trinajstić information content (AvgIpc) is 2.54. The molecule has 1 amide bonds. The second-order valence-electron chi connectivity index (χ2n) is 5.80. The Kier molecular flexibility index (Phi) is 3.92. The van der Waals surface area contributed by atoms with E-state index in [4.69, 9.17) is 5.11 Å². The molecule has 0 aliphatic carbocycles. The molecule has 2 N–H and O–H groups in total. The lowest BCUT2D eigenvalue weighted by Gasteiger charge is -2.33. The van der Waals surface area contributed by atoms with Gasteiger partial charge in [-0.15, -0.1) is 0 Å². The van der Waals surface area contributed by atoms with E-state index in [0.717, 1.165) is 49.9 Å². The van der Waals surface area contributed by atoms with Crippen LogP contribution in [0.2, 0.25) is 0 Å². The second kappa shape index (κ2) is 5.85. The van der Waals surface area contributed by atoms with E-state index in [1.807, 2.05) is 11.0 Å². The highest BCUT2D eigenvalue weighted by Gasteiger charge is 2.28. The summed E-state index contributed by atoms with van der Waals surface area (Å²) in [6.45, 7) is 2.15. The van der Waals surface area contributed by atoms with Crippen molar-refractivity contribution >= 4 is 11.9 Å². The maximum absolute atomic E-state index is 12.5. The lowest BCUT2D eigenvalue weighted by Crippen LogP contribution is -2.49. The Balaban J connectivity index is 1.75. The molecule has 0 bridgehead atoms. The fraction of sp³-hybridized carbons (Fsp3) is 0.500. The van der Waals surface area contributed by atoms with Gasteiger partial charge in [0.2, 0.25) is 5.91 Å². The normalized spacial score (nSPS) is 21.7. The van der Waals surface area contributed by atoms with Crippen molar-refractivity contribution < 1.29 is 14.7 Å². The van der Waals surface area contributed by atoms with Crippen molar-refractivity contribution in [2.24, 2.45) is 0 Å². The number of nitrogens with zero attached hydrogens (tertiary/aromatic N) is 1. The highest BCUT2D eigenvalue weighted by atomic mass is 16.4. The Morgan fingerprint density at radius 3 is 2.81 bits per heavy atom. The Hall–Kier alpha value is -1.88. The van der Waals surface area contributed by atoms with Crippen LogP contribution in [0.15, 0.2) is 18.2 Å². The standard InChI is InChI=1S/C16H20N2O3/c19-15(14-3-1-2-7-17-14)18-8-6-11-4-5-12(16(20)21)9-13(11)10-18/h4-5,9,14,17H,1-3,6-8,10H2,(H,20,21). The monoisotopic (exact) mass is 288 g/mol. The Morgan fingerprint density at radius 1 is 1.24 bits per heavy atom. The van der Waals surface area contributed by atoms with E-state index in [1.165, 1.54) is 0 Å². The molecule has 1 aromatic rings. The number of hydrogen-bond acceptors (Lipinski definition) is 3. The van der Waals surface area contributed by atoms with Gasteiger partial charge in [-0.1, -0.05) is 12.5 Å². The van der Waals surface area contributed by atoms with E-state index < -0.39 is 5.97 Å². The zero-order valence-electron chi connectivity index (χ0n) is 12.0. The Bertz CT molecular complexity index is 565. The molecule has 2 aliphatic rings. The van der Waals surface area contributed by atoms with Gasteiger partial charge in [-0.05, 0) is 49.1 Å². The molecular weight excluding hydrogens is 268 g/mol. The van der Waals surface area contributed by atoms with Crippen molar-refractivity contribution in [2.45, 2.75) is 38.3 Å². The first-order valence-electron chi connectivity index (χ1n) is 7.52. The van der Waals surface area contributed by atoms with Gasteiger partial charge in [0.1, 0.15) is 0 Å². The van der Waals surface area contributed by atoms with Crippen LogP contribution < -0.4 is 5.32 Å². The number of carbonyl (C=O) groups excluding carboxylic acids is 1. The molecule has 0 spiro atoms. The molecule has 2 aliphatic heterocycles. The number of carboxylic acid groups (broad SMARTS) is 1. The molecule has 5 heteroatoms. The zero-order chi connectivity index (χ0) is 14.8. The van der Waals surface area contributed by atoms with Crippen molar-refractivity contribution in [2.75, 3.05) is 13.1 Å². The molecule has 5 nitrogen and oxygen atoms in total. The minimum absolute atomic E-state index is 0.0667. The molecule has 1 saturated heterocycles. The third-order valence-corrected chi connectivity index (χ3v) is 4.39. The number of aromatic carboxylic acids is 1. The van der Waals surface area contributed by atoms with Gasteiger partial charge in [0.15, 0.2) is 0 Å². The average molecular weight is 288 g/mol. The smallest absolute Gasteiger partial charge is 0.335 e. The lowest BCUT2D eigenvalue weighted by molar-refractivity contribution is -0.135. The second-order valence-corrected chi connectivity index (χ2v) is 5.80. The highest BCUT2D eigenvalue weighted by molar-refractivity contribution is 5.88. The van der Waals surface area contributed by atoms with E-state index in [-0.39, 0.29) is 11.9 Å². The summed E-state index contributed by atoms with van der Waals surface area (Å²) in [5.74, 6) is -0.767. The molecule has 3 rings (SSSR count). The molecule has 1 atom stereocenters. The maximum atomic E-state index is 12.5. The fourth-order valence-corrected chi connectivity index (χ4v) is 3.16. The molecule has 112 valence electrons. The number of hydrogen-bond donors (Lipinski definition) is 2. The Morgan fingerprint density at radius 2 is 2.10 bits per heavy atom. The van der Waals surface area contributed by atoms with E-state index in [9.17, 15) is 9.59 Å². The first-order valence-corrected chi connectivity index (χ1v) is 7.52. The van der Waals surface area contributed by atoms with Gasteiger partial charge in [-0.2, -0.15) is 0 Å². The summed E-state index contributed by atoms with van der Waals surface area (Å²) in [4.78, 5) is 25.4. The van der Waals surface area contributed by atoms with E-state index in [2.05, 4.69) is 5.32 Å². The van der Waals surface area contributed by atoms with Gasteiger partial charge >= 0.3 is 5.97 Å². The van der Waals surface area contributed by atoms with Crippen LogP contribution in [0, 0.1) is 0 Å². The SMILES string of the molecule is O=C(O)c1ccc2c(c1)CN(C(=O)C1CCCCN1)CC2. The first-order chi connectivity index (χ1) is 10.1. The topological polar surface area (TPSA) is 69.6 Å². The van der Waals surface area contributed by atoms with Crippen molar-refractivity contribution in [3.8, 4) is 0 Å². The van der Waals surface area contributed by atoms with Crippen LogP contribution in [0.5, 0.6) is 0 Å². The van der Waals surface area contributed by atoms with Gasteiger partial charge in [0, 0.05) is 13.1 Å². The predicted octanol–water partition coefficient (Wildman–Crippen LogP) is 1.41. The predicted molar refractivity (Wildman–Crippen MR) is 78.2 cm³/mol. The molecule has 1 fully saturated rings. The fourth-order valence-electron chi connectivity index (χ4n) is 3.16. The molecule has 0 aromatic heterocycles. The molecule has 1 unspecified atom stereocenters. The number of piperidine rings is 1. The number of fused-ring (bicyclic) bond motifs is 1. The van der Waals surface area contributed by atoms with Crippen molar-refractivity contribution in [3.05, 3.63) is 34.9 Å². The summed E-state index contributed by atoms with van der Waals surface area (Å²) in [5, 5.41) is 12.4. The lowest BCUT2D eigenvalue weighted by atomic mass is 9.96. The zero-order valence-corrected chi connectivity index (χ0v) is 12.0.